The zero-order valence-corrected chi connectivity index (χ0v) is 15.8. The Balaban J connectivity index is 1.31. The number of hydrogen-bond acceptors (Lipinski definition) is 7. The van der Waals surface area contributed by atoms with E-state index in [2.05, 4.69) is 29.7 Å². The van der Waals surface area contributed by atoms with E-state index in [0.29, 0.717) is 29.9 Å². The summed E-state index contributed by atoms with van der Waals surface area (Å²) in [6.45, 7) is 2.24. The molecule has 0 radical (unpaired) electrons. The van der Waals surface area contributed by atoms with Crippen molar-refractivity contribution in [1.82, 2.24) is 24.8 Å². The topological polar surface area (TPSA) is 98.2 Å². The molecular formula is C21H22N6O2. The van der Waals surface area contributed by atoms with E-state index in [0.717, 1.165) is 25.1 Å². The van der Waals surface area contributed by atoms with E-state index < -0.39 is 6.10 Å². The molecule has 148 valence electrons. The number of aliphatic hydroxyl groups excluding tert-OH is 1. The molecule has 2 aliphatic rings. The molecule has 8 heteroatoms. The van der Waals surface area contributed by atoms with Crippen molar-refractivity contribution in [2.24, 2.45) is 0 Å². The fourth-order valence-corrected chi connectivity index (χ4v) is 4.39. The Morgan fingerprint density at radius 1 is 1.14 bits per heavy atom. The lowest BCUT2D eigenvalue weighted by molar-refractivity contribution is 0.102. The molecule has 3 atom stereocenters. The SMILES string of the molecule is O=c1cc(-c2ccncn2)nc(N2CC3C[C@@H]2CN3C[C@@H](O)c2ccccc2)[nH]1. The molecule has 29 heavy (non-hydrogen) atoms. The lowest BCUT2D eigenvalue weighted by Crippen LogP contribution is -2.48. The summed E-state index contributed by atoms with van der Waals surface area (Å²) in [5, 5.41) is 10.6. The van der Waals surface area contributed by atoms with Gasteiger partial charge >= 0.3 is 0 Å². The Hall–Kier alpha value is -3.10. The van der Waals surface area contributed by atoms with Gasteiger partial charge in [0, 0.05) is 44.0 Å². The summed E-state index contributed by atoms with van der Waals surface area (Å²) in [5.41, 5.74) is 1.92. The fraction of sp³-hybridized carbons (Fsp3) is 0.333. The third-order valence-corrected chi connectivity index (χ3v) is 5.79. The maximum absolute atomic E-state index is 12.2. The molecule has 0 spiro atoms. The number of rotatable bonds is 5. The highest BCUT2D eigenvalue weighted by molar-refractivity contribution is 5.55. The molecule has 4 heterocycles. The number of nitrogens with zero attached hydrogens (tertiary/aromatic N) is 5. The van der Waals surface area contributed by atoms with Gasteiger partial charge < -0.3 is 10.0 Å². The zero-order chi connectivity index (χ0) is 19.8. The van der Waals surface area contributed by atoms with Crippen LogP contribution in [0.25, 0.3) is 11.4 Å². The summed E-state index contributed by atoms with van der Waals surface area (Å²) in [6, 6.07) is 13.6. The van der Waals surface area contributed by atoms with Gasteiger partial charge in [-0.2, -0.15) is 0 Å². The van der Waals surface area contributed by atoms with Crippen molar-refractivity contribution < 1.29 is 5.11 Å². The third kappa shape index (κ3) is 3.52. The van der Waals surface area contributed by atoms with Crippen molar-refractivity contribution in [2.75, 3.05) is 24.5 Å². The van der Waals surface area contributed by atoms with Gasteiger partial charge in [0.15, 0.2) is 0 Å². The Morgan fingerprint density at radius 2 is 2.00 bits per heavy atom. The number of benzene rings is 1. The lowest BCUT2D eigenvalue weighted by Gasteiger charge is -2.35. The molecular weight excluding hydrogens is 368 g/mol. The molecule has 2 aromatic heterocycles. The highest BCUT2D eigenvalue weighted by Gasteiger charge is 2.44. The van der Waals surface area contributed by atoms with Crippen LogP contribution in [0.1, 0.15) is 18.1 Å². The Morgan fingerprint density at radius 3 is 2.72 bits per heavy atom. The minimum Gasteiger partial charge on any atom is -0.387 e. The number of anilines is 1. The van der Waals surface area contributed by atoms with Crippen molar-refractivity contribution in [2.45, 2.75) is 24.6 Å². The average Bonchev–Trinajstić information content (AvgIpc) is 3.35. The molecule has 2 N–H and O–H groups in total. The standard InChI is InChI=1S/C21H22N6O2/c28-19(14-4-2-1-3-5-14)12-26-10-16-8-15(26)11-27(16)21-24-18(9-20(29)25-21)17-6-7-22-13-23-17/h1-7,9,13,15-16,19,28H,8,10-12H2,(H,24,25,29)/t15?,16-,19-/m1/s1. The van der Waals surface area contributed by atoms with Gasteiger partial charge in [0.25, 0.3) is 5.56 Å². The highest BCUT2D eigenvalue weighted by Crippen LogP contribution is 2.34. The quantitative estimate of drug-likeness (QED) is 0.676. The third-order valence-electron chi connectivity index (χ3n) is 5.79. The number of β-amino-alcohol motifs (C(OH)–C–C–N with tert-alkyl or cyclic N) is 1. The molecule has 0 aliphatic carbocycles. The molecule has 2 bridgehead atoms. The zero-order valence-electron chi connectivity index (χ0n) is 15.8. The first-order valence-electron chi connectivity index (χ1n) is 9.79. The predicted molar refractivity (Wildman–Crippen MR) is 108 cm³/mol. The number of H-pyrrole nitrogens is 1. The number of likely N-dealkylation sites (tertiary alicyclic amines) is 1. The van der Waals surface area contributed by atoms with Crippen LogP contribution in [-0.2, 0) is 0 Å². The molecule has 1 aromatic carbocycles. The second-order valence-corrected chi connectivity index (χ2v) is 7.62. The van der Waals surface area contributed by atoms with Crippen molar-refractivity contribution >= 4 is 5.95 Å². The van der Waals surface area contributed by atoms with E-state index in [1.807, 2.05) is 30.3 Å². The van der Waals surface area contributed by atoms with Crippen molar-refractivity contribution in [3.63, 3.8) is 0 Å². The summed E-state index contributed by atoms with van der Waals surface area (Å²) in [6.07, 6.45) is 3.59. The molecule has 0 saturated carbocycles. The Bertz CT molecular complexity index is 1040. The van der Waals surface area contributed by atoms with Crippen LogP contribution in [0, 0.1) is 0 Å². The van der Waals surface area contributed by atoms with E-state index in [1.54, 1.807) is 12.3 Å². The summed E-state index contributed by atoms with van der Waals surface area (Å²) >= 11 is 0. The van der Waals surface area contributed by atoms with Crippen molar-refractivity contribution in [3.8, 4) is 11.4 Å². The second kappa shape index (κ2) is 7.38. The number of aromatic nitrogens is 4. The van der Waals surface area contributed by atoms with Gasteiger partial charge in [-0.25, -0.2) is 15.0 Å². The lowest BCUT2D eigenvalue weighted by atomic mass is 10.1. The number of aromatic amines is 1. The number of aliphatic hydroxyl groups is 1. The van der Waals surface area contributed by atoms with Crippen LogP contribution in [0.3, 0.4) is 0 Å². The monoisotopic (exact) mass is 390 g/mol. The number of fused-ring (bicyclic) bond motifs is 2. The van der Waals surface area contributed by atoms with Gasteiger partial charge in [0.2, 0.25) is 5.95 Å². The van der Waals surface area contributed by atoms with Crippen LogP contribution < -0.4 is 10.5 Å². The highest BCUT2D eigenvalue weighted by atomic mass is 16.3. The van der Waals surface area contributed by atoms with Crippen LogP contribution >= 0.6 is 0 Å². The van der Waals surface area contributed by atoms with E-state index in [9.17, 15) is 9.90 Å². The molecule has 5 rings (SSSR count). The van der Waals surface area contributed by atoms with E-state index in [4.69, 9.17) is 0 Å². The minimum atomic E-state index is -0.497. The van der Waals surface area contributed by atoms with E-state index in [-0.39, 0.29) is 11.6 Å². The van der Waals surface area contributed by atoms with Gasteiger partial charge in [0.1, 0.15) is 6.33 Å². The normalized spacial score (nSPS) is 22.2. The molecule has 2 aliphatic heterocycles. The first-order valence-corrected chi connectivity index (χ1v) is 9.79. The van der Waals surface area contributed by atoms with Crippen LogP contribution in [0.5, 0.6) is 0 Å². The van der Waals surface area contributed by atoms with Gasteiger partial charge in [-0.3, -0.25) is 14.7 Å². The summed E-state index contributed by atoms with van der Waals surface area (Å²) < 4.78 is 0. The fourth-order valence-electron chi connectivity index (χ4n) is 4.39. The van der Waals surface area contributed by atoms with Gasteiger partial charge in [-0.05, 0) is 18.1 Å². The first kappa shape index (κ1) is 18.0. The number of piperazine rings is 1. The van der Waals surface area contributed by atoms with E-state index in [1.165, 1.54) is 12.4 Å². The van der Waals surface area contributed by atoms with Crippen LogP contribution in [0.2, 0.25) is 0 Å². The van der Waals surface area contributed by atoms with Crippen LogP contribution in [0.15, 0.2) is 59.8 Å². The number of hydrogen-bond donors (Lipinski definition) is 2. The molecule has 8 nitrogen and oxygen atoms in total. The maximum atomic E-state index is 12.2. The smallest absolute Gasteiger partial charge is 0.252 e. The predicted octanol–water partition coefficient (Wildman–Crippen LogP) is 1.22. The molecule has 1 unspecified atom stereocenters. The van der Waals surface area contributed by atoms with Gasteiger partial charge in [-0.15, -0.1) is 0 Å². The first-order chi connectivity index (χ1) is 14.2. The van der Waals surface area contributed by atoms with Crippen molar-refractivity contribution in [1.29, 1.82) is 0 Å². The van der Waals surface area contributed by atoms with Gasteiger partial charge in [-0.1, -0.05) is 30.3 Å². The number of nitrogens with one attached hydrogen (secondary N) is 1. The summed E-state index contributed by atoms with van der Waals surface area (Å²) in [4.78, 5) is 32.4. The van der Waals surface area contributed by atoms with Gasteiger partial charge in [0.05, 0.1) is 17.5 Å². The summed E-state index contributed by atoms with van der Waals surface area (Å²) in [5.74, 6) is 0.585. The molecule has 0 amide bonds. The minimum absolute atomic E-state index is 0.192. The van der Waals surface area contributed by atoms with E-state index >= 15 is 0 Å². The van der Waals surface area contributed by atoms with Crippen molar-refractivity contribution in [3.05, 3.63) is 70.9 Å². The Kier molecular flexibility index (Phi) is 4.57. The average molecular weight is 390 g/mol. The summed E-state index contributed by atoms with van der Waals surface area (Å²) in [7, 11) is 0. The van der Waals surface area contributed by atoms with Crippen LogP contribution in [-0.4, -0.2) is 61.7 Å². The molecule has 3 aromatic rings. The Labute approximate surface area is 167 Å². The largest absolute Gasteiger partial charge is 0.387 e. The maximum Gasteiger partial charge on any atom is 0.252 e. The second-order valence-electron chi connectivity index (χ2n) is 7.62. The van der Waals surface area contributed by atoms with Crippen LogP contribution in [0.4, 0.5) is 5.95 Å². The molecule has 2 fully saturated rings. The molecule has 2 saturated heterocycles.